The second-order valence-corrected chi connectivity index (χ2v) is 4.66. The number of ether oxygens (including phenoxy) is 1. The molecule has 3 N–H and O–H groups in total. The number of nitrogens with zero attached hydrogens (tertiary/aromatic N) is 4. The van der Waals surface area contributed by atoms with Crippen molar-refractivity contribution < 1.29 is 4.74 Å². The summed E-state index contributed by atoms with van der Waals surface area (Å²) < 4.78 is 5.05. The molecule has 0 amide bonds. The van der Waals surface area contributed by atoms with Crippen LogP contribution in [0.2, 0.25) is 0 Å². The molecule has 0 saturated carbocycles. The van der Waals surface area contributed by atoms with E-state index < -0.39 is 0 Å². The van der Waals surface area contributed by atoms with Gasteiger partial charge in [0.1, 0.15) is 18.2 Å². The van der Waals surface area contributed by atoms with Crippen LogP contribution in [0.3, 0.4) is 0 Å². The summed E-state index contributed by atoms with van der Waals surface area (Å²) in [6.45, 7) is 1.02. The lowest BCUT2D eigenvalue weighted by molar-refractivity contribution is 0.178. The van der Waals surface area contributed by atoms with Gasteiger partial charge >= 0.3 is 0 Å². The van der Waals surface area contributed by atoms with E-state index in [1.165, 1.54) is 0 Å². The van der Waals surface area contributed by atoms with Crippen molar-refractivity contribution in [3.8, 4) is 0 Å². The van der Waals surface area contributed by atoms with Crippen LogP contribution in [-0.4, -0.2) is 29.1 Å². The summed E-state index contributed by atoms with van der Waals surface area (Å²) in [5.74, 6) is 7.32. The highest BCUT2D eigenvalue weighted by atomic mass is 32.1. The fourth-order valence-electron chi connectivity index (χ4n) is 1.59. The van der Waals surface area contributed by atoms with Crippen molar-refractivity contribution in [3.63, 3.8) is 0 Å². The van der Waals surface area contributed by atoms with Crippen LogP contribution < -0.4 is 16.2 Å². The average molecular weight is 280 g/mol. The van der Waals surface area contributed by atoms with Crippen molar-refractivity contribution in [2.24, 2.45) is 5.84 Å². The number of thiazole rings is 1. The maximum atomic E-state index is 5.41. The predicted molar refractivity (Wildman–Crippen MR) is 74.8 cm³/mol. The molecule has 0 aromatic carbocycles. The van der Waals surface area contributed by atoms with Gasteiger partial charge in [-0.1, -0.05) is 0 Å². The minimum atomic E-state index is 0.340. The Bertz CT molecular complexity index is 518. The van der Waals surface area contributed by atoms with Crippen LogP contribution in [0.25, 0.3) is 0 Å². The summed E-state index contributed by atoms with van der Waals surface area (Å²) in [5, 5.41) is 2.01. The van der Waals surface area contributed by atoms with Crippen molar-refractivity contribution >= 4 is 23.0 Å². The molecule has 0 aliphatic heterocycles. The van der Waals surface area contributed by atoms with Crippen molar-refractivity contribution in [3.05, 3.63) is 28.5 Å². The predicted octanol–water partition coefficient (Wildman–Crippen LogP) is 1.00. The summed E-state index contributed by atoms with van der Waals surface area (Å²) in [5.41, 5.74) is 5.35. The Morgan fingerprint density at radius 2 is 2.32 bits per heavy atom. The van der Waals surface area contributed by atoms with Gasteiger partial charge in [0.05, 0.1) is 17.7 Å². The number of nitrogen functional groups attached to an aromatic ring is 1. The van der Waals surface area contributed by atoms with Crippen molar-refractivity contribution in [1.29, 1.82) is 0 Å². The normalized spacial score (nSPS) is 10.5. The fraction of sp³-hybridized carbons (Fsp3) is 0.364. The van der Waals surface area contributed by atoms with Gasteiger partial charge in [0, 0.05) is 25.6 Å². The van der Waals surface area contributed by atoms with Crippen LogP contribution in [0, 0.1) is 0 Å². The minimum Gasteiger partial charge on any atom is -0.377 e. The largest absolute Gasteiger partial charge is 0.377 e. The van der Waals surface area contributed by atoms with Crippen molar-refractivity contribution in [2.75, 3.05) is 24.5 Å². The zero-order chi connectivity index (χ0) is 13.7. The number of nitrogens with two attached hydrogens (primary N) is 1. The lowest BCUT2D eigenvalue weighted by Gasteiger charge is -2.18. The highest BCUT2D eigenvalue weighted by Crippen LogP contribution is 2.17. The van der Waals surface area contributed by atoms with Crippen LogP contribution >= 0.6 is 11.3 Å². The van der Waals surface area contributed by atoms with E-state index in [2.05, 4.69) is 20.4 Å². The van der Waals surface area contributed by atoms with Crippen LogP contribution in [0.4, 0.5) is 11.6 Å². The molecule has 2 heterocycles. The monoisotopic (exact) mass is 280 g/mol. The molecule has 0 unspecified atom stereocenters. The molecule has 0 saturated heterocycles. The number of methoxy groups -OCH3 is 1. The van der Waals surface area contributed by atoms with Crippen LogP contribution in [-0.2, 0) is 17.9 Å². The number of hydrogen-bond donors (Lipinski definition) is 2. The molecule has 2 rings (SSSR count). The van der Waals surface area contributed by atoms with E-state index in [0.717, 1.165) is 11.5 Å². The molecule has 102 valence electrons. The van der Waals surface area contributed by atoms with E-state index in [4.69, 9.17) is 10.6 Å². The summed E-state index contributed by atoms with van der Waals surface area (Å²) >= 11 is 1.57. The number of rotatable bonds is 6. The summed E-state index contributed by atoms with van der Waals surface area (Å²) in [7, 11) is 3.54. The van der Waals surface area contributed by atoms with Gasteiger partial charge in [0.15, 0.2) is 5.82 Å². The molecule has 8 heteroatoms. The summed E-state index contributed by atoms with van der Waals surface area (Å²) in [6, 6.07) is 1.78. The van der Waals surface area contributed by atoms with Crippen molar-refractivity contribution in [1.82, 2.24) is 15.0 Å². The lowest BCUT2D eigenvalue weighted by Crippen LogP contribution is -2.20. The van der Waals surface area contributed by atoms with Gasteiger partial charge in [-0.2, -0.15) is 0 Å². The van der Waals surface area contributed by atoms with Gasteiger partial charge in [0.25, 0.3) is 0 Å². The van der Waals surface area contributed by atoms with Gasteiger partial charge in [-0.3, -0.25) is 0 Å². The first-order chi connectivity index (χ1) is 9.22. The molecular formula is C11H16N6OS. The summed E-state index contributed by atoms with van der Waals surface area (Å²) in [4.78, 5) is 14.9. The smallest absolute Gasteiger partial charge is 0.158 e. The Morgan fingerprint density at radius 3 is 2.95 bits per heavy atom. The van der Waals surface area contributed by atoms with Crippen molar-refractivity contribution in [2.45, 2.75) is 13.2 Å². The SMILES string of the molecule is COCc1nc(NN)cc(N(C)Cc2cscn2)n1. The Balaban J connectivity index is 2.19. The molecular weight excluding hydrogens is 264 g/mol. The zero-order valence-electron chi connectivity index (χ0n) is 10.8. The Morgan fingerprint density at radius 1 is 1.47 bits per heavy atom. The topological polar surface area (TPSA) is 89.2 Å². The van der Waals surface area contributed by atoms with E-state index >= 15 is 0 Å². The lowest BCUT2D eigenvalue weighted by atomic mass is 10.4. The molecule has 0 radical (unpaired) electrons. The molecule has 0 aliphatic rings. The highest BCUT2D eigenvalue weighted by Gasteiger charge is 2.09. The van der Waals surface area contributed by atoms with Gasteiger partial charge in [-0.05, 0) is 0 Å². The van der Waals surface area contributed by atoms with Gasteiger partial charge in [-0.15, -0.1) is 11.3 Å². The first kappa shape index (κ1) is 13.7. The number of hydrazine groups is 1. The molecule has 0 bridgehead atoms. The average Bonchev–Trinajstić information content (AvgIpc) is 2.91. The molecule has 0 fully saturated rings. The van der Waals surface area contributed by atoms with Gasteiger partial charge in [0.2, 0.25) is 0 Å². The molecule has 2 aromatic rings. The maximum absolute atomic E-state index is 5.41. The van der Waals surface area contributed by atoms with E-state index in [9.17, 15) is 0 Å². The Hall–Kier alpha value is -1.77. The maximum Gasteiger partial charge on any atom is 0.158 e. The molecule has 0 spiro atoms. The number of aromatic nitrogens is 3. The first-order valence-electron chi connectivity index (χ1n) is 5.64. The van der Waals surface area contributed by atoms with E-state index in [1.807, 2.05) is 22.8 Å². The minimum absolute atomic E-state index is 0.340. The van der Waals surface area contributed by atoms with Crippen LogP contribution in [0.15, 0.2) is 17.0 Å². The molecule has 2 aromatic heterocycles. The second kappa shape index (κ2) is 6.41. The van der Waals surface area contributed by atoms with Gasteiger partial charge in [-0.25, -0.2) is 20.8 Å². The molecule has 0 aliphatic carbocycles. The Labute approximate surface area is 115 Å². The Kier molecular flexibility index (Phi) is 4.61. The first-order valence-corrected chi connectivity index (χ1v) is 6.59. The fourth-order valence-corrected chi connectivity index (χ4v) is 2.14. The quantitative estimate of drug-likeness (QED) is 0.602. The highest BCUT2D eigenvalue weighted by molar-refractivity contribution is 7.07. The van der Waals surface area contributed by atoms with E-state index in [0.29, 0.717) is 24.8 Å². The molecule has 19 heavy (non-hydrogen) atoms. The van der Waals surface area contributed by atoms with E-state index in [1.54, 1.807) is 24.5 Å². The second-order valence-electron chi connectivity index (χ2n) is 3.94. The molecule has 7 nitrogen and oxygen atoms in total. The van der Waals surface area contributed by atoms with E-state index in [-0.39, 0.29) is 0 Å². The third-order valence-corrected chi connectivity index (χ3v) is 3.09. The van der Waals surface area contributed by atoms with Gasteiger partial charge < -0.3 is 15.1 Å². The third-order valence-electron chi connectivity index (χ3n) is 2.45. The molecule has 0 atom stereocenters. The third kappa shape index (κ3) is 3.60. The number of anilines is 2. The van der Waals surface area contributed by atoms with Crippen LogP contribution in [0.5, 0.6) is 0 Å². The van der Waals surface area contributed by atoms with Crippen LogP contribution in [0.1, 0.15) is 11.5 Å². The number of hydrogen-bond acceptors (Lipinski definition) is 8. The number of nitrogens with one attached hydrogen (secondary N) is 1. The zero-order valence-corrected chi connectivity index (χ0v) is 11.6. The summed E-state index contributed by atoms with van der Waals surface area (Å²) in [6.07, 6.45) is 0. The standard InChI is InChI=1S/C11H16N6OS/c1-17(4-8-6-19-7-13-8)11-3-9(16-12)14-10(15-11)5-18-2/h3,6-7H,4-5,12H2,1-2H3,(H,14,15,16).